The number of nitrogen functional groups attached to an aromatic ring is 1. The lowest BCUT2D eigenvalue weighted by Crippen LogP contribution is -2.46. The molecule has 0 radical (unpaired) electrons. The van der Waals surface area contributed by atoms with Crippen LogP contribution in [0.25, 0.3) is 11.2 Å². The number of carbonyl (C=O) groups excluding carboxylic acids is 1. The van der Waals surface area contributed by atoms with Crippen LogP contribution in [0, 0.1) is 11.6 Å². The summed E-state index contributed by atoms with van der Waals surface area (Å²) in [6, 6.07) is 3.75. The average Bonchev–Trinajstić information content (AvgIpc) is 3.07. The third-order valence-electron chi connectivity index (χ3n) is 5.52. The maximum absolute atomic E-state index is 14.0. The lowest BCUT2D eigenvalue weighted by molar-refractivity contribution is 0.101. The highest BCUT2D eigenvalue weighted by atomic mass is 35.5. The van der Waals surface area contributed by atoms with Crippen LogP contribution in [-0.4, -0.2) is 36.5 Å². The largest absolute Gasteiger partial charge is 0.368 e. The van der Waals surface area contributed by atoms with Crippen LogP contribution in [0.3, 0.4) is 0 Å². The fraction of sp³-hybridized carbons (Fsp3) is 0.190. The van der Waals surface area contributed by atoms with Crippen LogP contribution in [0.5, 0.6) is 0 Å². The normalized spacial score (nSPS) is 15.6. The number of carbonyl (C=O) groups is 1. The van der Waals surface area contributed by atoms with Gasteiger partial charge in [0.1, 0.15) is 23.0 Å². The van der Waals surface area contributed by atoms with E-state index in [2.05, 4.69) is 15.1 Å². The van der Waals surface area contributed by atoms with Crippen molar-refractivity contribution in [1.29, 1.82) is 0 Å². The number of nitrogens with zero attached hydrogens (tertiary/aromatic N) is 6. The van der Waals surface area contributed by atoms with Crippen molar-refractivity contribution in [3.05, 3.63) is 75.1 Å². The van der Waals surface area contributed by atoms with Gasteiger partial charge in [-0.1, -0.05) is 11.6 Å². The number of rotatable bonds is 4. The summed E-state index contributed by atoms with van der Waals surface area (Å²) in [6.07, 6.45) is 3.39. The number of fused-ring (bicyclic) bond motifs is 1. The van der Waals surface area contributed by atoms with E-state index in [0.29, 0.717) is 24.8 Å². The molecule has 4 aromatic rings. The van der Waals surface area contributed by atoms with Gasteiger partial charge < -0.3 is 10.6 Å². The first-order valence-electron chi connectivity index (χ1n) is 9.91. The topological polar surface area (TPSA) is 111 Å². The molecule has 3 aromatic heterocycles. The monoisotopic (exact) mass is 471 g/mol. The molecular weight excluding hydrogens is 456 g/mol. The van der Waals surface area contributed by atoms with Crippen LogP contribution in [-0.2, 0) is 0 Å². The zero-order valence-corrected chi connectivity index (χ0v) is 17.9. The van der Waals surface area contributed by atoms with Gasteiger partial charge in [-0.2, -0.15) is 10.1 Å². The van der Waals surface area contributed by atoms with E-state index in [0.717, 1.165) is 16.7 Å². The minimum Gasteiger partial charge on any atom is -0.368 e. The summed E-state index contributed by atoms with van der Waals surface area (Å²) in [5.41, 5.74) is 5.43. The zero-order chi connectivity index (χ0) is 23.4. The molecule has 1 fully saturated rings. The van der Waals surface area contributed by atoms with Crippen molar-refractivity contribution in [3.63, 3.8) is 0 Å². The first-order valence-corrected chi connectivity index (χ1v) is 10.3. The molecule has 5 rings (SSSR count). The predicted molar refractivity (Wildman–Crippen MR) is 117 cm³/mol. The Kier molecular flexibility index (Phi) is 4.85. The number of Topliss-reactive ketones (excluding diaryl/α,β-unsaturated/α-hetero) is 1. The summed E-state index contributed by atoms with van der Waals surface area (Å²) < 4.78 is 30.5. The lowest BCUT2D eigenvalue weighted by atomic mass is 10.00. The van der Waals surface area contributed by atoms with Crippen LogP contribution in [0.15, 0.2) is 41.5 Å². The van der Waals surface area contributed by atoms with E-state index >= 15 is 0 Å². The van der Waals surface area contributed by atoms with Gasteiger partial charge in [-0.15, -0.1) is 0 Å². The molecule has 0 unspecified atom stereocenters. The highest BCUT2D eigenvalue weighted by molar-refractivity contribution is 6.33. The second-order valence-electron chi connectivity index (χ2n) is 7.60. The molecule has 12 heteroatoms. The quantitative estimate of drug-likeness (QED) is 0.455. The number of nitrogens with two attached hydrogens (primary N) is 1. The van der Waals surface area contributed by atoms with E-state index in [1.165, 1.54) is 29.9 Å². The van der Waals surface area contributed by atoms with Crippen LogP contribution in [0.1, 0.15) is 35.6 Å². The molecule has 0 amide bonds. The SMILES string of the molecule is CC(=O)c1cnc(N)nc1N1CC[C@H]1c1nn2ccc(Cl)c2c(=O)n1-c1cc(F)cc(F)c1. The Balaban J connectivity index is 1.75. The van der Waals surface area contributed by atoms with Gasteiger partial charge in [-0.25, -0.2) is 18.3 Å². The van der Waals surface area contributed by atoms with Crippen LogP contribution >= 0.6 is 11.6 Å². The fourth-order valence-corrected chi connectivity index (χ4v) is 4.17. The third-order valence-corrected chi connectivity index (χ3v) is 5.83. The Hall–Kier alpha value is -3.86. The summed E-state index contributed by atoms with van der Waals surface area (Å²) in [4.78, 5) is 35.4. The highest BCUT2D eigenvalue weighted by Gasteiger charge is 2.37. The minimum absolute atomic E-state index is 0.0224. The van der Waals surface area contributed by atoms with Gasteiger partial charge in [0.15, 0.2) is 11.6 Å². The number of benzene rings is 1. The number of halogens is 3. The molecule has 0 bridgehead atoms. The molecule has 1 atom stereocenters. The van der Waals surface area contributed by atoms with Crippen molar-refractivity contribution < 1.29 is 13.6 Å². The minimum atomic E-state index is -0.850. The number of hydrogen-bond donors (Lipinski definition) is 1. The molecule has 1 saturated heterocycles. The lowest BCUT2D eigenvalue weighted by Gasteiger charge is -2.42. The summed E-state index contributed by atoms with van der Waals surface area (Å²) >= 11 is 6.18. The summed E-state index contributed by atoms with van der Waals surface area (Å²) in [5, 5.41) is 4.69. The van der Waals surface area contributed by atoms with Crippen molar-refractivity contribution in [2.45, 2.75) is 19.4 Å². The van der Waals surface area contributed by atoms with Gasteiger partial charge in [-0.05, 0) is 31.5 Å². The molecule has 4 heterocycles. The molecule has 2 N–H and O–H groups in total. The van der Waals surface area contributed by atoms with Crippen molar-refractivity contribution in [2.75, 3.05) is 17.2 Å². The first kappa shape index (κ1) is 21.0. The van der Waals surface area contributed by atoms with Gasteiger partial charge in [0.05, 0.1) is 22.3 Å². The van der Waals surface area contributed by atoms with Gasteiger partial charge in [-0.3, -0.25) is 14.2 Å². The van der Waals surface area contributed by atoms with Crippen molar-refractivity contribution in [2.24, 2.45) is 0 Å². The fourth-order valence-electron chi connectivity index (χ4n) is 3.94. The van der Waals surface area contributed by atoms with Gasteiger partial charge >= 0.3 is 0 Å². The molecule has 0 spiro atoms. The van der Waals surface area contributed by atoms with Gasteiger partial charge in [0.2, 0.25) is 5.95 Å². The predicted octanol–water partition coefficient (Wildman–Crippen LogP) is 2.94. The van der Waals surface area contributed by atoms with Gasteiger partial charge in [0, 0.05) is 25.0 Å². The van der Waals surface area contributed by atoms with Crippen molar-refractivity contribution in [1.82, 2.24) is 24.1 Å². The number of hydrogen-bond acceptors (Lipinski definition) is 7. The van der Waals surface area contributed by atoms with E-state index in [4.69, 9.17) is 17.3 Å². The van der Waals surface area contributed by atoms with Crippen LogP contribution < -0.4 is 16.2 Å². The van der Waals surface area contributed by atoms with Crippen LogP contribution in [0.4, 0.5) is 20.5 Å². The maximum atomic E-state index is 14.0. The standard InChI is InChI=1S/C21H16ClF2N7O2/c1-10(32)14-9-26-21(25)27-18(14)29-4-3-16(29)19-28-30-5-2-15(22)17(30)20(33)31(19)13-7-11(23)6-12(24)8-13/h2,5-9,16H,3-4H2,1H3,(H2,25,26,27)/t16-/m0/s1. The Morgan fingerprint density at radius 2 is 1.97 bits per heavy atom. The molecule has 9 nitrogen and oxygen atoms in total. The molecule has 1 aliphatic rings. The Morgan fingerprint density at radius 1 is 1.24 bits per heavy atom. The van der Waals surface area contributed by atoms with E-state index in [1.807, 2.05) is 0 Å². The molecular formula is C21H16ClF2N7O2. The molecule has 0 aliphatic carbocycles. The number of aromatic nitrogens is 5. The second-order valence-corrected chi connectivity index (χ2v) is 8.01. The van der Waals surface area contributed by atoms with E-state index in [-0.39, 0.29) is 39.3 Å². The number of anilines is 2. The molecule has 33 heavy (non-hydrogen) atoms. The van der Waals surface area contributed by atoms with Crippen LogP contribution in [0.2, 0.25) is 5.02 Å². The van der Waals surface area contributed by atoms with E-state index in [9.17, 15) is 18.4 Å². The summed E-state index contributed by atoms with van der Waals surface area (Å²) in [5.74, 6) is -1.49. The molecule has 1 aliphatic heterocycles. The first-order chi connectivity index (χ1) is 15.7. The van der Waals surface area contributed by atoms with E-state index < -0.39 is 23.2 Å². The zero-order valence-electron chi connectivity index (χ0n) is 17.2. The Labute approximate surface area is 190 Å². The smallest absolute Gasteiger partial charge is 0.284 e. The van der Waals surface area contributed by atoms with Crippen molar-refractivity contribution in [3.8, 4) is 5.69 Å². The maximum Gasteiger partial charge on any atom is 0.284 e. The number of ketones is 1. The summed E-state index contributed by atoms with van der Waals surface area (Å²) in [6.45, 7) is 1.87. The Bertz CT molecular complexity index is 1480. The highest BCUT2D eigenvalue weighted by Crippen LogP contribution is 2.38. The second kappa shape index (κ2) is 7.62. The average molecular weight is 472 g/mol. The molecule has 0 saturated carbocycles. The summed E-state index contributed by atoms with van der Waals surface area (Å²) in [7, 11) is 0. The Morgan fingerprint density at radius 3 is 2.61 bits per heavy atom. The van der Waals surface area contributed by atoms with Crippen molar-refractivity contribution >= 4 is 34.7 Å². The molecule has 168 valence electrons. The van der Waals surface area contributed by atoms with Gasteiger partial charge in [0.25, 0.3) is 5.56 Å². The molecule has 1 aromatic carbocycles. The third kappa shape index (κ3) is 3.41. The van der Waals surface area contributed by atoms with E-state index in [1.54, 1.807) is 4.90 Å².